The molecule has 0 fully saturated rings. The van der Waals surface area contributed by atoms with Gasteiger partial charge < -0.3 is 4.74 Å². The van der Waals surface area contributed by atoms with Gasteiger partial charge in [0.05, 0.1) is 15.8 Å². The number of H-pyrrole nitrogens is 1. The van der Waals surface area contributed by atoms with Gasteiger partial charge in [0.1, 0.15) is 5.75 Å². The van der Waals surface area contributed by atoms with E-state index < -0.39 is 0 Å². The predicted octanol–water partition coefficient (Wildman–Crippen LogP) is 4.57. The van der Waals surface area contributed by atoms with E-state index in [0.717, 1.165) is 20.7 Å². The fourth-order valence-electron chi connectivity index (χ4n) is 2.54. The summed E-state index contributed by atoms with van der Waals surface area (Å²) in [7, 11) is 0. The first kappa shape index (κ1) is 15.7. The number of pyridine rings is 1. The summed E-state index contributed by atoms with van der Waals surface area (Å²) in [5, 5.41) is 15.1. The van der Waals surface area contributed by atoms with E-state index in [0.29, 0.717) is 11.6 Å². The van der Waals surface area contributed by atoms with Gasteiger partial charge >= 0.3 is 0 Å². The van der Waals surface area contributed by atoms with Crippen molar-refractivity contribution in [3.8, 4) is 22.2 Å². The normalized spacial score (nSPS) is 11.8. The summed E-state index contributed by atoms with van der Waals surface area (Å²) in [6, 6.07) is 10.2. The second-order valence-electron chi connectivity index (χ2n) is 6.77. The van der Waals surface area contributed by atoms with Crippen molar-refractivity contribution < 1.29 is 4.74 Å². The molecular weight excluding hydrogens is 334 g/mol. The van der Waals surface area contributed by atoms with Crippen molar-refractivity contribution in [2.45, 2.75) is 26.2 Å². The molecule has 7 heteroatoms. The minimum absolute atomic E-state index is 0.118. The molecule has 25 heavy (non-hydrogen) atoms. The molecule has 3 aromatic heterocycles. The van der Waals surface area contributed by atoms with Gasteiger partial charge in [-0.2, -0.15) is 5.21 Å². The van der Waals surface area contributed by atoms with Crippen molar-refractivity contribution in [2.24, 2.45) is 0 Å². The van der Waals surface area contributed by atoms with Crippen molar-refractivity contribution in [2.75, 3.05) is 0 Å². The number of nitrogens with zero attached hydrogens (tertiary/aromatic N) is 4. The molecule has 0 amide bonds. The van der Waals surface area contributed by atoms with Crippen LogP contribution in [0.15, 0.2) is 42.7 Å². The van der Waals surface area contributed by atoms with E-state index >= 15 is 0 Å². The zero-order valence-corrected chi connectivity index (χ0v) is 15.0. The Hall–Kier alpha value is -2.80. The van der Waals surface area contributed by atoms with Crippen LogP contribution in [-0.2, 0) is 5.41 Å². The lowest BCUT2D eigenvalue weighted by atomic mass is 9.87. The Labute approximate surface area is 148 Å². The molecule has 126 valence electrons. The Morgan fingerprint density at radius 1 is 1.08 bits per heavy atom. The number of thiophene rings is 1. The number of nitrogens with one attached hydrogen (secondary N) is 1. The van der Waals surface area contributed by atoms with Crippen molar-refractivity contribution in [3.05, 3.63) is 48.3 Å². The molecular formula is C18H17N5OS. The second kappa shape index (κ2) is 5.93. The lowest BCUT2D eigenvalue weighted by Gasteiger charge is -2.19. The van der Waals surface area contributed by atoms with Gasteiger partial charge in [-0.3, -0.25) is 4.98 Å². The molecule has 1 aromatic carbocycles. The van der Waals surface area contributed by atoms with Crippen LogP contribution in [0.25, 0.3) is 20.8 Å². The van der Waals surface area contributed by atoms with E-state index in [1.54, 1.807) is 17.5 Å². The molecule has 0 spiro atoms. The average Bonchev–Trinajstić information content (AvgIpc) is 3.24. The fourth-order valence-corrected chi connectivity index (χ4v) is 3.52. The summed E-state index contributed by atoms with van der Waals surface area (Å²) in [5.41, 5.74) is 1.39. The Bertz CT molecular complexity index is 1000. The first-order valence-corrected chi connectivity index (χ1v) is 8.72. The van der Waals surface area contributed by atoms with Gasteiger partial charge in [0, 0.05) is 11.6 Å². The summed E-state index contributed by atoms with van der Waals surface area (Å²) < 4.78 is 7.09. The van der Waals surface area contributed by atoms with E-state index in [9.17, 15) is 0 Å². The Morgan fingerprint density at radius 3 is 2.56 bits per heavy atom. The molecule has 0 radical (unpaired) electrons. The molecule has 4 rings (SSSR count). The number of tetrazole rings is 1. The number of ether oxygens (including phenoxy) is 1. The third-order valence-electron chi connectivity index (χ3n) is 3.92. The molecule has 3 heterocycles. The quantitative estimate of drug-likeness (QED) is 0.585. The maximum atomic E-state index is 6.07. The van der Waals surface area contributed by atoms with Gasteiger partial charge in [-0.15, -0.1) is 21.5 Å². The highest BCUT2D eigenvalue weighted by molar-refractivity contribution is 7.22. The minimum atomic E-state index is 0.118. The van der Waals surface area contributed by atoms with Crippen LogP contribution in [0.4, 0.5) is 0 Å². The van der Waals surface area contributed by atoms with Gasteiger partial charge in [-0.05, 0) is 34.4 Å². The number of aromatic amines is 1. The molecule has 0 aliphatic carbocycles. The van der Waals surface area contributed by atoms with Crippen molar-refractivity contribution in [1.29, 1.82) is 0 Å². The Kier molecular flexibility index (Phi) is 3.73. The highest BCUT2D eigenvalue weighted by atomic mass is 32.1. The number of rotatable bonds is 3. The molecule has 0 saturated heterocycles. The molecule has 4 aromatic rings. The van der Waals surface area contributed by atoms with Crippen LogP contribution in [0.5, 0.6) is 11.5 Å². The highest BCUT2D eigenvalue weighted by Gasteiger charge is 2.15. The van der Waals surface area contributed by atoms with E-state index in [4.69, 9.17) is 4.74 Å². The van der Waals surface area contributed by atoms with Crippen molar-refractivity contribution >= 4 is 21.4 Å². The monoisotopic (exact) mass is 351 g/mol. The molecule has 0 bridgehead atoms. The molecule has 0 saturated carbocycles. The third kappa shape index (κ3) is 3.10. The molecule has 0 aliphatic heterocycles. The standard InChI is InChI=1S/C18H17N5OS/c1-18(2,3)11-4-6-12(7-5-11)24-14-9-19-10-16-13(14)8-15(25-16)17-20-22-23-21-17/h4-10H,1-3H3,(H,20,21,22,23). The smallest absolute Gasteiger partial charge is 0.214 e. The van der Waals surface area contributed by atoms with Gasteiger partial charge in [0.25, 0.3) is 0 Å². The molecule has 1 N–H and O–H groups in total. The number of fused-ring (bicyclic) bond motifs is 1. The van der Waals surface area contributed by atoms with Gasteiger partial charge in [-0.25, -0.2) is 0 Å². The fraction of sp³-hybridized carbons (Fsp3) is 0.222. The van der Waals surface area contributed by atoms with E-state index in [2.05, 4.69) is 58.5 Å². The lowest BCUT2D eigenvalue weighted by molar-refractivity contribution is 0.485. The highest BCUT2D eigenvalue weighted by Crippen LogP contribution is 2.37. The summed E-state index contributed by atoms with van der Waals surface area (Å²) in [5.74, 6) is 2.07. The Morgan fingerprint density at radius 2 is 1.88 bits per heavy atom. The van der Waals surface area contributed by atoms with Crippen LogP contribution in [0.2, 0.25) is 0 Å². The second-order valence-corrected chi connectivity index (χ2v) is 7.86. The topological polar surface area (TPSA) is 76.6 Å². The van der Waals surface area contributed by atoms with Crippen LogP contribution in [-0.4, -0.2) is 25.6 Å². The largest absolute Gasteiger partial charge is 0.455 e. The first-order chi connectivity index (χ1) is 12.0. The van der Waals surface area contributed by atoms with Gasteiger partial charge in [0.2, 0.25) is 5.82 Å². The summed E-state index contributed by atoms with van der Waals surface area (Å²) >= 11 is 1.56. The SMILES string of the molecule is CC(C)(C)c1ccc(Oc2cncc3sc(-c4nn[nH]n4)cc23)cc1. The summed E-state index contributed by atoms with van der Waals surface area (Å²) in [4.78, 5) is 5.20. The lowest BCUT2D eigenvalue weighted by Crippen LogP contribution is -2.10. The summed E-state index contributed by atoms with van der Waals surface area (Å²) in [6.45, 7) is 6.58. The molecule has 0 aliphatic rings. The molecule has 0 atom stereocenters. The maximum absolute atomic E-state index is 6.07. The van der Waals surface area contributed by atoms with Gasteiger partial charge in [-0.1, -0.05) is 32.9 Å². The number of hydrogen-bond acceptors (Lipinski definition) is 6. The maximum Gasteiger partial charge on any atom is 0.214 e. The van der Waals surface area contributed by atoms with E-state index in [1.165, 1.54) is 5.56 Å². The van der Waals surface area contributed by atoms with Crippen LogP contribution in [0.1, 0.15) is 26.3 Å². The third-order valence-corrected chi connectivity index (χ3v) is 4.99. The van der Waals surface area contributed by atoms with Crippen LogP contribution >= 0.6 is 11.3 Å². The van der Waals surface area contributed by atoms with E-state index in [-0.39, 0.29) is 5.41 Å². The van der Waals surface area contributed by atoms with Gasteiger partial charge in [0.15, 0.2) is 5.75 Å². The number of benzene rings is 1. The Balaban J connectivity index is 1.67. The summed E-state index contributed by atoms with van der Waals surface area (Å²) in [6.07, 6.45) is 3.55. The predicted molar refractivity (Wildman–Crippen MR) is 98.0 cm³/mol. The number of hydrogen-bond donors (Lipinski definition) is 1. The van der Waals surface area contributed by atoms with Crippen molar-refractivity contribution in [1.82, 2.24) is 25.6 Å². The zero-order valence-electron chi connectivity index (χ0n) is 14.1. The minimum Gasteiger partial charge on any atom is -0.455 e. The zero-order chi connectivity index (χ0) is 17.4. The molecule has 6 nitrogen and oxygen atoms in total. The number of aromatic nitrogens is 5. The van der Waals surface area contributed by atoms with Crippen molar-refractivity contribution in [3.63, 3.8) is 0 Å². The van der Waals surface area contributed by atoms with E-state index in [1.807, 2.05) is 24.4 Å². The first-order valence-electron chi connectivity index (χ1n) is 7.90. The average molecular weight is 351 g/mol. The van der Waals surface area contributed by atoms with Crippen LogP contribution in [0.3, 0.4) is 0 Å². The van der Waals surface area contributed by atoms with Crippen LogP contribution in [0, 0.1) is 0 Å². The molecule has 0 unspecified atom stereocenters. The van der Waals surface area contributed by atoms with Crippen LogP contribution < -0.4 is 4.74 Å².